The molecule has 1 aromatic carbocycles. The van der Waals surface area contributed by atoms with E-state index in [0.717, 1.165) is 24.3 Å². The van der Waals surface area contributed by atoms with Gasteiger partial charge in [-0.25, -0.2) is 0 Å². The number of hydrogen-bond acceptors (Lipinski definition) is 3. The van der Waals surface area contributed by atoms with E-state index < -0.39 is 0 Å². The molecule has 2 atom stereocenters. The summed E-state index contributed by atoms with van der Waals surface area (Å²) in [5, 5.41) is 3.34. The van der Waals surface area contributed by atoms with E-state index >= 15 is 0 Å². The zero-order chi connectivity index (χ0) is 14.0. The van der Waals surface area contributed by atoms with E-state index in [1.165, 1.54) is 0 Å². The van der Waals surface area contributed by atoms with Gasteiger partial charge in [0.15, 0.2) is 0 Å². The second kappa shape index (κ2) is 5.72. The maximum Gasteiger partial charge on any atom is 0.245 e. The fourth-order valence-electron chi connectivity index (χ4n) is 2.57. The van der Waals surface area contributed by atoms with Crippen molar-refractivity contribution in [2.45, 2.75) is 25.9 Å². The van der Waals surface area contributed by atoms with Crippen LogP contribution in [0.2, 0.25) is 0 Å². The Morgan fingerprint density at radius 1 is 1.37 bits per heavy atom. The Balaban J connectivity index is 2.27. The first kappa shape index (κ1) is 14.0. The molecular weight excluding hydrogens is 238 g/mol. The molecule has 1 amide bonds. The molecule has 0 bridgehead atoms. The number of benzene rings is 1. The fourth-order valence-corrected chi connectivity index (χ4v) is 2.57. The van der Waals surface area contributed by atoms with Crippen molar-refractivity contribution in [3.05, 3.63) is 29.8 Å². The van der Waals surface area contributed by atoms with Crippen molar-refractivity contribution in [1.29, 1.82) is 0 Å². The summed E-state index contributed by atoms with van der Waals surface area (Å²) in [6, 6.07) is 8.15. The van der Waals surface area contributed by atoms with Crippen molar-refractivity contribution in [2.24, 2.45) is 0 Å². The summed E-state index contributed by atoms with van der Waals surface area (Å²) in [6.07, 6.45) is 0. The molecule has 1 N–H and O–H groups in total. The number of nitrogens with one attached hydrogen (secondary N) is 1. The average molecular weight is 261 g/mol. The molecule has 0 spiro atoms. The second-order valence-electron chi connectivity index (χ2n) is 5.57. The topological polar surface area (TPSA) is 35.6 Å². The highest BCUT2D eigenvalue weighted by atomic mass is 16.2. The van der Waals surface area contributed by atoms with E-state index in [2.05, 4.69) is 25.2 Å². The molecule has 1 saturated heterocycles. The number of aryl methyl sites for hydroxylation is 1. The minimum atomic E-state index is -0.120. The number of hydrogen-bond donors (Lipinski definition) is 1. The van der Waals surface area contributed by atoms with Crippen molar-refractivity contribution in [3.63, 3.8) is 0 Å². The van der Waals surface area contributed by atoms with E-state index in [4.69, 9.17) is 0 Å². The monoisotopic (exact) mass is 261 g/mol. The summed E-state index contributed by atoms with van der Waals surface area (Å²) in [7, 11) is 3.98. The molecule has 1 aliphatic rings. The van der Waals surface area contributed by atoms with E-state index in [0.29, 0.717) is 0 Å². The van der Waals surface area contributed by atoms with Gasteiger partial charge >= 0.3 is 0 Å². The van der Waals surface area contributed by atoms with Gasteiger partial charge in [0.05, 0.1) is 0 Å². The number of carbonyl (C=O) groups excluding carboxylic acids is 1. The van der Waals surface area contributed by atoms with Crippen LogP contribution in [0.4, 0.5) is 5.69 Å². The first-order valence-corrected chi connectivity index (χ1v) is 6.77. The van der Waals surface area contributed by atoms with Gasteiger partial charge in [-0.05, 0) is 39.6 Å². The van der Waals surface area contributed by atoms with Crippen LogP contribution in [0.3, 0.4) is 0 Å². The number of likely N-dealkylation sites (N-methyl/N-ethyl adjacent to an activating group) is 1. The Kier molecular flexibility index (Phi) is 4.22. The second-order valence-corrected chi connectivity index (χ2v) is 5.57. The quantitative estimate of drug-likeness (QED) is 0.889. The van der Waals surface area contributed by atoms with Gasteiger partial charge in [0.1, 0.15) is 6.04 Å². The molecule has 1 fully saturated rings. The maximum atomic E-state index is 12.7. The highest BCUT2D eigenvalue weighted by Gasteiger charge is 2.34. The molecule has 0 aromatic heterocycles. The maximum absolute atomic E-state index is 12.7. The van der Waals surface area contributed by atoms with Gasteiger partial charge in [0.25, 0.3) is 0 Å². The van der Waals surface area contributed by atoms with Crippen LogP contribution in [-0.2, 0) is 4.79 Å². The molecule has 4 heteroatoms. The minimum Gasteiger partial charge on any atom is -0.307 e. The fraction of sp³-hybridized carbons (Fsp3) is 0.533. The van der Waals surface area contributed by atoms with Crippen molar-refractivity contribution in [1.82, 2.24) is 10.2 Å². The van der Waals surface area contributed by atoms with Crippen molar-refractivity contribution < 1.29 is 4.79 Å². The largest absolute Gasteiger partial charge is 0.307 e. The first-order valence-electron chi connectivity index (χ1n) is 6.77. The van der Waals surface area contributed by atoms with Crippen molar-refractivity contribution >= 4 is 11.6 Å². The Morgan fingerprint density at radius 2 is 2.05 bits per heavy atom. The van der Waals surface area contributed by atoms with Crippen LogP contribution in [0.5, 0.6) is 0 Å². The third-order valence-electron chi connectivity index (χ3n) is 3.56. The highest BCUT2D eigenvalue weighted by Crippen LogP contribution is 2.24. The Bertz CT molecular complexity index is 458. The van der Waals surface area contributed by atoms with Crippen LogP contribution in [0.1, 0.15) is 12.5 Å². The molecule has 4 nitrogen and oxygen atoms in total. The summed E-state index contributed by atoms with van der Waals surface area (Å²) in [4.78, 5) is 16.6. The van der Waals surface area contributed by atoms with Gasteiger partial charge in [-0.2, -0.15) is 0 Å². The van der Waals surface area contributed by atoms with Crippen molar-refractivity contribution in [2.75, 3.05) is 32.1 Å². The third kappa shape index (κ3) is 2.96. The summed E-state index contributed by atoms with van der Waals surface area (Å²) >= 11 is 0. The van der Waals surface area contributed by atoms with E-state index in [1.54, 1.807) is 0 Å². The lowest BCUT2D eigenvalue weighted by Gasteiger charge is -2.39. The Morgan fingerprint density at radius 3 is 2.68 bits per heavy atom. The zero-order valence-corrected chi connectivity index (χ0v) is 12.2. The Hall–Kier alpha value is -1.39. The molecule has 0 aliphatic carbocycles. The van der Waals surface area contributed by atoms with Crippen LogP contribution in [0.25, 0.3) is 0 Å². The number of amides is 1. The number of nitrogens with zero attached hydrogens (tertiary/aromatic N) is 2. The molecule has 2 unspecified atom stereocenters. The molecule has 2 rings (SSSR count). The summed E-state index contributed by atoms with van der Waals surface area (Å²) in [6.45, 7) is 5.70. The molecule has 104 valence electrons. The molecule has 0 saturated carbocycles. The van der Waals surface area contributed by atoms with Gasteiger partial charge in [-0.1, -0.05) is 18.2 Å². The van der Waals surface area contributed by atoms with Crippen LogP contribution in [0.15, 0.2) is 24.3 Å². The summed E-state index contributed by atoms with van der Waals surface area (Å²) in [5.74, 6) is 0.168. The molecular formula is C15H23N3O. The van der Waals surface area contributed by atoms with Crippen LogP contribution in [0, 0.1) is 6.92 Å². The Labute approximate surface area is 115 Å². The van der Waals surface area contributed by atoms with Crippen molar-refractivity contribution in [3.8, 4) is 0 Å². The van der Waals surface area contributed by atoms with Gasteiger partial charge in [0.2, 0.25) is 5.91 Å². The number of anilines is 1. The lowest BCUT2D eigenvalue weighted by Crippen LogP contribution is -2.62. The molecule has 1 aromatic rings. The smallest absolute Gasteiger partial charge is 0.245 e. The number of rotatable bonds is 3. The first-order chi connectivity index (χ1) is 9.00. The highest BCUT2D eigenvalue weighted by molar-refractivity contribution is 5.99. The van der Waals surface area contributed by atoms with E-state index in [1.807, 2.05) is 42.1 Å². The zero-order valence-electron chi connectivity index (χ0n) is 12.2. The number of para-hydroxylation sites is 1. The SMILES string of the molecule is Cc1ccccc1N1C(=O)C(CN(C)C)NCC1C. The summed E-state index contributed by atoms with van der Waals surface area (Å²) < 4.78 is 0. The average Bonchev–Trinajstić information content (AvgIpc) is 2.35. The van der Waals surface area contributed by atoms with E-state index in [9.17, 15) is 4.79 Å². The lowest BCUT2D eigenvalue weighted by molar-refractivity contribution is -0.122. The third-order valence-corrected chi connectivity index (χ3v) is 3.56. The predicted octanol–water partition coefficient (Wildman–Crippen LogP) is 1.25. The van der Waals surface area contributed by atoms with Crippen LogP contribution < -0.4 is 10.2 Å². The van der Waals surface area contributed by atoms with E-state index in [-0.39, 0.29) is 18.0 Å². The van der Waals surface area contributed by atoms with Gasteiger partial charge in [0, 0.05) is 24.8 Å². The molecule has 19 heavy (non-hydrogen) atoms. The standard InChI is InChI=1S/C15H23N3O/c1-11-7-5-6-8-14(11)18-12(2)9-16-13(15(18)19)10-17(3)4/h5-8,12-13,16H,9-10H2,1-4H3. The van der Waals surface area contributed by atoms with Crippen LogP contribution >= 0.6 is 0 Å². The lowest BCUT2D eigenvalue weighted by atomic mass is 10.1. The minimum absolute atomic E-state index is 0.120. The molecule has 0 radical (unpaired) electrons. The van der Waals surface area contributed by atoms with Gasteiger partial charge in [-0.3, -0.25) is 4.79 Å². The predicted molar refractivity (Wildman–Crippen MR) is 78.5 cm³/mol. The molecule has 1 aliphatic heterocycles. The van der Waals surface area contributed by atoms with Gasteiger partial charge < -0.3 is 15.1 Å². The summed E-state index contributed by atoms with van der Waals surface area (Å²) in [5.41, 5.74) is 2.18. The van der Waals surface area contributed by atoms with Gasteiger partial charge in [-0.15, -0.1) is 0 Å². The normalized spacial score (nSPS) is 24.1. The van der Waals surface area contributed by atoms with Crippen LogP contribution in [-0.4, -0.2) is 50.1 Å². The number of carbonyl (C=O) groups is 1. The number of piperazine rings is 1. The molecule has 1 heterocycles.